The van der Waals surface area contributed by atoms with Crippen LogP contribution in [0.15, 0.2) is 72.8 Å². The van der Waals surface area contributed by atoms with E-state index in [2.05, 4.69) is 5.32 Å². The number of nitrogens with one attached hydrogen (secondary N) is 1. The zero-order valence-corrected chi connectivity index (χ0v) is 18.8. The predicted octanol–water partition coefficient (Wildman–Crippen LogP) is 6.08. The minimum Gasteiger partial charge on any atom is -0.489 e. The third-order valence-corrected chi connectivity index (χ3v) is 5.06. The number of ether oxygens (including phenoxy) is 2. The van der Waals surface area contributed by atoms with Crippen LogP contribution in [0.3, 0.4) is 0 Å². The van der Waals surface area contributed by atoms with E-state index in [-0.39, 0.29) is 6.61 Å². The Morgan fingerprint density at radius 1 is 1.00 bits per heavy atom. The Bertz CT molecular complexity index is 1130. The van der Waals surface area contributed by atoms with Gasteiger partial charge in [0.2, 0.25) is 0 Å². The first-order valence-corrected chi connectivity index (χ1v) is 10.5. The SMILES string of the molecule is Cc1cc(Cl)ccc1NC(=O)COC(=O)C=Cc1ccc(OCc2ccccc2Cl)cc1. The first kappa shape index (κ1) is 23.4. The number of carbonyl (C=O) groups excluding carboxylic acids is 2. The van der Waals surface area contributed by atoms with Gasteiger partial charge in [0.15, 0.2) is 6.61 Å². The molecule has 0 saturated carbocycles. The Morgan fingerprint density at radius 3 is 2.47 bits per heavy atom. The average molecular weight is 470 g/mol. The number of benzene rings is 3. The lowest BCUT2D eigenvalue weighted by molar-refractivity contribution is -0.142. The minimum atomic E-state index is -0.618. The highest BCUT2D eigenvalue weighted by atomic mass is 35.5. The van der Waals surface area contributed by atoms with Crippen LogP contribution in [0.1, 0.15) is 16.7 Å². The molecule has 0 bridgehead atoms. The summed E-state index contributed by atoms with van der Waals surface area (Å²) in [6.07, 6.45) is 2.86. The molecule has 164 valence electrons. The third-order valence-electron chi connectivity index (χ3n) is 4.45. The van der Waals surface area contributed by atoms with Crippen molar-refractivity contribution in [3.63, 3.8) is 0 Å². The number of amides is 1. The topological polar surface area (TPSA) is 64.6 Å². The molecule has 0 fully saturated rings. The minimum absolute atomic E-state index is 0.360. The summed E-state index contributed by atoms with van der Waals surface area (Å²) in [6, 6.07) is 19.8. The maximum absolute atomic E-state index is 12.0. The monoisotopic (exact) mass is 469 g/mol. The number of hydrogen-bond acceptors (Lipinski definition) is 4. The van der Waals surface area contributed by atoms with Crippen molar-refractivity contribution in [2.75, 3.05) is 11.9 Å². The molecule has 0 aliphatic heterocycles. The van der Waals surface area contributed by atoms with Crippen molar-refractivity contribution in [1.82, 2.24) is 0 Å². The molecular formula is C25H21Cl2NO4. The molecule has 0 aliphatic rings. The van der Waals surface area contributed by atoms with E-state index >= 15 is 0 Å². The normalized spacial score (nSPS) is 10.7. The summed E-state index contributed by atoms with van der Waals surface area (Å²) >= 11 is 12.0. The largest absolute Gasteiger partial charge is 0.489 e. The molecule has 0 aliphatic carbocycles. The molecular weight excluding hydrogens is 449 g/mol. The van der Waals surface area contributed by atoms with Gasteiger partial charge in [0.1, 0.15) is 12.4 Å². The number of aryl methyl sites for hydroxylation is 1. The lowest BCUT2D eigenvalue weighted by Crippen LogP contribution is -2.20. The zero-order valence-electron chi connectivity index (χ0n) is 17.3. The van der Waals surface area contributed by atoms with Crippen LogP contribution >= 0.6 is 23.2 Å². The summed E-state index contributed by atoms with van der Waals surface area (Å²) in [5.74, 6) is -0.372. The third kappa shape index (κ3) is 7.15. The summed E-state index contributed by atoms with van der Waals surface area (Å²) in [7, 11) is 0. The summed E-state index contributed by atoms with van der Waals surface area (Å²) in [5, 5.41) is 3.91. The van der Waals surface area contributed by atoms with Crippen LogP contribution in [0.25, 0.3) is 6.08 Å². The van der Waals surface area contributed by atoms with E-state index in [1.165, 1.54) is 6.08 Å². The molecule has 0 unspecified atom stereocenters. The van der Waals surface area contributed by atoms with E-state index in [4.69, 9.17) is 32.7 Å². The molecule has 1 amide bonds. The number of carbonyl (C=O) groups is 2. The highest BCUT2D eigenvalue weighted by Crippen LogP contribution is 2.20. The second kappa shape index (κ2) is 11.4. The summed E-state index contributed by atoms with van der Waals surface area (Å²) in [4.78, 5) is 23.9. The van der Waals surface area contributed by atoms with Gasteiger partial charge in [-0.1, -0.05) is 53.5 Å². The number of anilines is 1. The molecule has 3 rings (SSSR count). The number of rotatable bonds is 8. The Morgan fingerprint density at radius 2 is 1.75 bits per heavy atom. The number of esters is 1. The smallest absolute Gasteiger partial charge is 0.331 e. The van der Waals surface area contributed by atoms with Crippen molar-refractivity contribution >= 4 is 46.8 Å². The van der Waals surface area contributed by atoms with Crippen molar-refractivity contribution < 1.29 is 19.1 Å². The first-order chi connectivity index (χ1) is 15.4. The summed E-state index contributed by atoms with van der Waals surface area (Å²) in [6.45, 7) is 1.79. The summed E-state index contributed by atoms with van der Waals surface area (Å²) < 4.78 is 10.7. The molecule has 0 heterocycles. The molecule has 32 heavy (non-hydrogen) atoms. The standard InChI is InChI=1S/C25H21Cl2NO4/c1-17-14-20(26)9-12-23(17)28-24(29)16-32-25(30)13-8-18-6-10-21(11-7-18)31-15-19-4-2-3-5-22(19)27/h2-14H,15-16H2,1H3,(H,28,29). The highest BCUT2D eigenvalue weighted by Gasteiger charge is 2.08. The van der Waals surface area contributed by atoms with Gasteiger partial charge >= 0.3 is 5.97 Å². The average Bonchev–Trinajstić information content (AvgIpc) is 2.78. The second-order valence-electron chi connectivity index (χ2n) is 6.90. The quantitative estimate of drug-likeness (QED) is 0.320. The fourth-order valence-electron chi connectivity index (χ4n) is 2.75. The van der Waals surface area contributed by atoms with E-state index in [0.717, 1.165) is 16.7 Å². The van der Waals surface area contributed by atoms with Gasteiger partial charge in [0.05, 0.1) is 0 Å². The molecule has 0 atom stereocenters. The van der Waals surface area contributed by atoms with Crippen molar-refractivity contribution in [3.8, 4) is 5.75 Å². The van der Waals surface area contributed by atoms with Crippen LogP contribution in [0.5, 0.6) is 5.75 Å². The lowest BCUT2D eigenvalue weighted by atomic mass is 10.2. The molecule has 0 saturated heterocycles. The Balaban J connectivity index is 1.44. The van der Waals surface area contributed by atoms with Crippen LogP contribution in [0, 0.1) is 6.92 Å². The molecule has 3 aromatic rings. The second-order valence-corrected chi connectivity index (χ2v) is 7.74. The van der Waals surface area contributed by atoms with E-state index in [0.29, 0.717) is 28.1 Å². The zero-order chi connectivity index (χ0) is 22.9. The van der Waals surface area contributed by atoms with Crippen molar-refractivity contribution in [3.05, 3.63) is 99.5 Å². The fourth-order valence-corrected chi connectivity index (χ4v) is 3.17. The van der Waals surface area contributed by atoms with Crippen LogP contribution < -0.4 is 10.1 Å². The predicted molar refractivity (Wildman–Crippen MR) is 127 cm³/mol. The first-order valence-electron chi connectivity index (χ1n) is 9.78. The summed E-state index contributed by atoms with van der Waals surface area (Å²) in [5.41, 5.74) is 3.11. The van der Waals surface area contributed by atoms with Crippen LogP contribution in [0.4, 0.5) is 5.69 Å². The van der Waals surface area contributed by atoms with Crippen LogP contribution in [-0.4, -0.2) is 18.5 Å². The van der Waals surface area contributed by atoms with E-state index in [9.17, 15) is 9.59 Å². The Hall–Kier alpha value is -3.28. The van der Waals surface area contributed by atoms with Gasteiger partial charge in [0.25, 0.3) is 5.91 Å². The molecule has 3 aromatic carbocycles. The Labute approximate surface area is 196 Å². The van der Waals surface area contributed by atoms with Gasteiger partial charge in [-0.25, -0.2) is 4.79 Å². The van der Waals surface area contributed by atoms with Gasteiger partial charge in [-0.05, 0) is 60.5 Å². The van der Waals surface area contributed by atoms with Gasteiger partial charge in [0, 0.05) is 27.4 Å². The van der Waals surface area contributed by atoms with Crippen molar-refractivity contribution in [2.45, 2.75) is 13.5 Å². The maximum atomic E-state index is 12.0. The Kier molecular flexibility index (Phi) is 8.31. The van der Waals surface area contributed by atoms with Crippen molar-refractivity contribution in [2.24, 2.45) is 0 Å². The van der Waals surface area contributed by atoms with Gasteiger partial charge in [-0.3, -0.25) is 4.79 Å². The van der Waals surface area contributed by atoms with E-state index in [1.807, 2.05) is 43.3 Å². The molecule has 5 nitrogen and oxygen atoms in total. The van der Waals surface area contributed by atoms with Crippen LogP contribution in [0.2, 0.25) is 10.0 Å². The number of halogens is 2. The van der Waals surface area contributed by atoms with Gasteiger partial charge in [-0.15, -0.1) is 0 Å². The van der Waals surface area contributed by atoms with Crippen molar-refractivity contribution in [1.29, 1.82) is 0 Å². The molecule has 0 aromatic heterocycles. The van der Waals surface area contributed by atoms with Gasteiger partial charge < -0.3 is 14.8 Å². The van der Waals surface area contributed by atoms with Gasteiger partial charge in [-0.2, -0.15) is 0 Å². The number of hydrogen-bond donors (Lipinski definition) is 1. The highest BCUT2D eigenvalue weighted by molar-refractivity contribution is 6.31. The molecule has 7 heteroatoms. The lowest BCUT2D eigenvalue weighted by Gasteiger charge is -2.08. The van der Waals surface area contributed by atoms with Crippen LogP contribution in [-0.2, 0) is 20.9 Å². The fraction of sp³-hybridized carbons (Fsp3) is 0.120. The van der Waals surface area contributed by atoms with E-state index in [1.54, 1.807) is 36.4 Å². The maximum Gasteiger partial charge on any atom is 0.331 e. The molecule has 0 radical (unpaired) electrons. The molecule has 0 spiro atoms. The molecule has 1 N–H and O–H groups in total. The van der Waals surface area contributed by atoms with E-state index < -0.39 is 11.9 Å².